The van der Waals surface area contributed by atoms with Gasteiger partial charge in [0, 0.05) is 20.1 Å². The van der Waals surface area contributed by atoms with Crippen LogP contribution >= 0.6 is 0 Å². The number of amides is 2. The minimum Gasteiger partial charge on any atom is -0.506 e. The van der Waals surface area contributed by atoms with Crippen LogP contribution in [0.5, 0.6) is 5.75 Å². The van der Waals surface area contributed by atoms with Crippen LogP contribution in [0.15, 0.2) is 48.5 Å². The number of benzene rings is 2. The molecular weight excluding hydrogens is 326 g/mol. The van der Waals surface area contributed by atoms with Crippen molar-refractivity contribution in [2.24, 2.45) is 0 Å². The predicted octanol–water partition coefficient (Wildman–Crippen LogP) is 3.64. The second kappa shape index (κ2) is 10.5. The van der Waals surface area contributed by atoms with E-state index in [1.165, 1.54) is 5.56 Å². The molecule has 0 aliphatic carbocycles. The SMILES string of the molecule is CCCN(CCc1ccccc1)CCc1ccc(O)c(NC(=O)NC)c1. The fraction of sp³-hybridized carbons (Fsp3) is 0.381. The second-order valence-corrected chi connectivity index (χ2v) is 6.38. The molecule has 0 unspecified atom stereocenters. The molecule has 0 saturated heterocycles. The molecule has 2 aromatic carbocycles. The van der Waals surface area contributed by atoms with Crippen LogP contribution < -0.4 is 10.6 Å². The van der Waals surface area contributed by atoms with E-state index in [4.69, 9.17) is 0 Å². The van der Waals surface area contributed by atoms with Gasteiger partial charge in [-0.3, -0.25) is 0 Å². The van der Waals surface area contributed by atoms with Gasteiger partial charge in [0.25, 0.3) is 0 Å². The summed E-state index contributed by atoms with van der Waals surface area (Å²) in [6.07, 6.45) is 3.03. The Morgan fingerprint density at radius 3 is 2.35 bits per heavy atom. The number of hydrogen-bond donors (Lipinski definition) is 3. The highest BCUT2D eigenvalue weighted by molar-refractivity contribution is 5.90. The van der Waals surface area contributed by atoms with Crippen molar-refractivity contribution < 1.29 is 9.90 Å². The number of hydrogen-bond acceptors (Lipinski definition) is 3. The van der Waals surface area contributed by atoms with E-state index in [-0.39, 0.29) is 11.8 Å². The van der Waals surface area contributed by atoms with Crippen molar-refractivity contribution in [1.29, 1.82) is 0 Å². The predicted molar refractivity (Wildman–Crippen MR) is 107 cm³/mol. The lowest BCUT2D eigenvalue weighted by atomic mass is 10.1. The summed E-state index contributed by atoms with van der Waals surface area (Å²) < 4.78 is 0. The molecule has 0 atom stereocenters. The Hall–Kier alpha value is -2.53. The summed E-state index contributed by atoms with van der Waals surface area (Å²) in [6.45, 7) is 5.24. The minimum absolute atomic E-state index is 0.0758. The zero-order chi connectivity index (χ0) is 18.8. The van der Waals surface area contributed by atoms with Crippen LogP contribution in [0, 0.1) is 0 Å². The summed E-state index contributed by atoms with van der Waals surface area (Å²) in [4.78, 5) is 13.9. The fourth-order valence-electron chi connectivity index (χ4n) is 2.89. The summed E-state index contributed by atoms with van der Waals surface area (Å²) in [5, 5.41) is 15.0. The maximum atomic E-state index is 11.5. The van der Waals surface area contributed by atoms with Gasteiger partial charge in [0.2, 0.25) is 0 Å². The van der Waals surface area contributed by atoms with Crippen molar-refractivity contribution in [2.45, 2.75) is 26.2 Å². The standard InChI is InChI=1S/C21H29N3O2/c1-3-13-24(14-11-17-7-5-4-6-8-17)15-12-18-9-10-20(25)19(16-18)23-21(26)22-2/h4-10,16,25H,3,11-15H2,1-2H3,(H2,22,23,26). The molecule has 5 nitrogen and oxygen atoms in total. The van der Waals surface area contributed by atoms with E-state index >= 15 is 0 Å². The molecule has 0 aromatic heterocycles. The molecule has 0 radical (unpaired) electrons. The van der Waals surface area contributed by atoms with Gasteiger partial charge in [0.1, 0.15) is 5.75 Å². The first-order valence-electron chi connectivity index (χ1n) is 9.19. The minimum atomic E-state index is -0.340. The van der Waals surface area contributed by atoms with E-state index in [2.05, 4.69) is 46.7 Å². The maximum absolute atomic E-state index is 11.5. The molecule has 3 N–H and O–H groups in total. The molecule has 2 amide bonds. The van der Waals surface area contributed by atoms with Crippen LogP contribution in [0.1, 0.15) is 24.5 Å². The number of nitrogens with zero attached hydrogens (tertiary/aromatic N) is 1. The number of nitrogens with one attached hydrogen (secondary N) is 2. The molecule has 140 valence electrons. The summed E-state index contributed by atoms with van der Waals surface area (Å²) in [7, 11) is 1.55. The first-order valence-corrected chi connectivity index (χ1v) is 9.19. The summed E-state index contributed by atoms with van der Waals surface area (Å²) in [6, 6.07) is 15.6. The summed E-state index contributed by atoms with van der Waals surface area (Å²) in [5.41, 5.74) is 2.89. The van der Waals surface area contributed by atoms with E-state index in [0.717, 1.165) is 44.5 Å². The van der Waals surface area contributed by atoms with Gasteiger partial charge in [-0.2, -0.15) is 0 Å². The van der Waals surface area contributed by atoms with Crippen molar-refractivity contribution in [1.82, 2.24) is 10.2 Å². The number of rotatable bonds is 9. The van der Waals surface area contributed by atoms with E-state index in [1.807, 2.05) is 18.2 Å². The number of aromatic hydroxyl groups is 1. The van der Waals surface area contributed by atoms with Gasteiger partial charge in [-0.15, -0.1) is 0 Å². The van der Waals surface area contributed by atoms with Gasteiger partial charge < -0.3 is 20.6 Å². The largest absolute Gasteiger partial charge is 0.506 e. The molecule has 0 fully saturated rings. The monoisotopic (exact) mass is 355 g/mol. The highest BCUT2D eigenvalue weighted by Gasteiger charge is 2.08. The summed E-state index contributed by atoms with van der Waals surface area (Å²) >= 11 is 0. The number of phenolic OH excluding ortho intramolecular Hbond substituents is 1. The third kappa shape index (κ3) is 6.41. The van der Waals surface area contributed by atoms with Crippen LogP contribution in [0.25, 0.3) is 0 Å². The van der Waals surface area contributed by atoms with E-state index < -0.39 is 0 Å². The van der Waals surface area contributed by atoms with Crippen molar-refractivity contribution in [3.63, 3.8) is 0 Å². The highest BCUT2D eigenvalue weighted by Crippen LogP contribution is 2.24. The molecule has 5 heteroatoms. The highest BCUT2D eigenvalue weighted by atomic mass is 16.3. The molecule has 2 aromatic rings. The molecular formula is C21H29N3O2. The molecule has 0 spiro atoms. The van der Waals surface area contributed by atoms with Crippen molar-refractivity contribution in [2.75, 3.05) is 32.0 Å². The number of anilines is 1. The Morgan fingerprint density at radius 1 is 1.00 bits per heavy atom. The molecule has 0 saturated carbocycles. The average Bonchev–Trinajstić information content (AvgIpc) is 2.67. The van der Waals surface area contributed by atoms with Crippen LogP contribution in [0.4, 0.5) is 10.5 Å². The molecule has 0 bridgehead atoms. The van der Waals surface area contributed by atoms with Crippen LogP contribution in [0.2, 0.25) is 0 Å². The van der Waals surface area contributed by atoms with E-state index in [1.54, 1.807) is 13.1 Å². The molecule has 0 aliphatic rings. The Labute approximate surface area is 156 Å². The first-order chi connectivity index (χ1) is 12.6. The van der Waals surface area contributed by atoms with E-state index in [0.29, 0.717) is 5.69 Å². The Balaban J connectivity index is 1.93. The van der Waals surface area contributed by atoms with Gasteiger partial charge in [0.05, 0.1) is 5.69 Å². The smallest absolute Gasteiger partial charge is 0.319 e. The van der Waals surface area contributed by atoms with Crippen LogP contribution in [-0.4, -0.2) is 42.7 Å². The summed E-state index contributed by atoms with van der Waals surface area (Å²) in [5.74, 6) is 0.0758. The van der Waals surface area contributed by atoms with Crippen molar-refractivity contribution in [3.05, 3.63) is 59.7 Å². The second-order valence-electron chi connectivity index (χ2n) is 6.38. The number of carbonyl (C=O) groups is 1. The van der Waals surface area contributed by atoms with Gasteiger partial charge in [-0.05, 0) is 49.1 Å². The van der Waals surface area contributed by atoms with Crippen molar-refractivity contribution in [3.8, 4) is 5.75 Å². The average molecular weight is 355 g/mol. The van der Waals surface area contributed by atoms with Crippen molar-refractivity contribution >= 4 is 11.7 Å². The zero-order valence-corrected chi connectivity index (χ0v) is 15.7. The Kier molecular flexibility index (Phi) is 7.96. The zero-order valence-electron chi connectivity index (χ0n) is 15.7. The number of urea groups is 1. The topological polar surface area (TPSA) is 64.6 Å². The molecule has 0 heterocycles. The fourth-order valence-corrected chi connectivity index (χ4v) is 2.89. The first kappa shape index (κ1) is 19.8. The van der Waals surface area contributed by atoms with Gasteiger partial charge in [-0.25, -0.2) is 4.79 Å². The third-order valence-electron chi connectivity index (χ3n) is 4.35. The van der Waals surface area contributed by atoms with E-state index in [9.17, 15) is 9.90 Å². The van der Waals surface area contributed by atoms with Gasteiger partial charge >= 0.3 is 6.03 Å². The van der Waals surface area contributed by atoms with Crippen LogP contribution in [-0.2, 0) is 12.8 Å². The lowest BCUT2D eigenvalue weighted by Gasteiger charge is -2.22. The van der Waals surface area contributed by atoms with Gasteiger partial charge in [0.15, 0.2) is 0 Å². The quantitative estimate of drug-likeness (QED) is 0.602. The molecule has 26 heavy (non-hydrogen) atoms. The number of carbonyl (C=O) groups excluding carboxylic acids is 1. The van der Waals surface area contributed by atoms with Crippen LogP contribution in [0.3, 0.4) is 0 Å². The maximum Gasteiger partial charge on any atom is 0.319 e. The number of phenols is 1. The Bertz CT molecular complexity index is 689. The van der Waals surface area contributed by atoms with Gasteiger partial charge in [-0.1, -0.05) is 43.3 Å². The molecule has 0 aliphatic heterocycles. The molecule has 2 rings (SSSR count). The third-order valence-corrected chi connectivity index (χ3v) is 4.35. The lowest BCUT2D eigenvalue weighted by molar-refractivity contribution is 0.254. The Morgan fingerprint density at radius 2 is 1.69 bits per heavy atom. The lowest BCUT2D eigenvalue weighted by Crippen LogP contribution is -2.29. The normalized spacial score (nSPS) is 10.7.